The molecular weight excluding hydrogens is 342 g/mol. The standard InChI is InChI=1S/C18H18ClN3O3/c1-3-25-18(23)13-10-15(24-2)17-20-16(21-22(17)11-13)8-7-12-5-4-6-14(19)9-12/h4-6,9-11H,3,7-8H2,1-2H3. The van der Waals surface area contributed by atoms with Crippen LogP contribution in [0.5, 0.6) is 5.75 Å². The third-order valence-corrected chi connectivity index (χ3v) is 3.94. The highest BCUT2D eigenvalue weighted by molar-refractivity contribution is 6.30. The quantitative estimate of drug-likeness (QED) is 0.631. The number of aryl methyl sites for hydroxylation is 2. The Hall–Kier alpha value is -2.60. The fourth-order valence-electron chi connectivity index (χ4n) is 2.53. The zero-order chi connectivity index (χ0) is 17.8. The van der Waals surface area contributed by atoms with Crippen molar-refractivity contribution < 1.29 is 14.3 Å². The van der Waals surface area contributed by atoms with Gasteiger partial charge in [-0.1, -0.05) is 23.7 Å². The first-order valence-corrected chi connectivity index (χ1v) is 8.33. The number of esters is 1. The van der Waals surface area contributed by atoms with E-state index < -0.39 is 5.97 Å². The molecule has 130 valence electrons. The molecule has 2 aromatic heterocycles. The van der Waals surface area contributed by atoms with Gasteiger partial charge in [0.25, 0.3) is 0 Å². The lowest BCUT2D eigenvalue weighted by atomic mass is 10.1. The molecule has 2 heterocycles. The molecule has 0 amide bonds. The number of halogens is 1. The summed E-state index contributed by atoms with van der Waals surface area (Å²) >= 11 is 6.01. The fraction of sp³-hybridized carbons (Fsp3) is 0.278. The first-order chi connectivity index (χ1) is 12.1. The number of ether oxygens (including phenoxy) is 2. The van der Waals surface area contributed by atoms with Gasteiger partial charge in [0, 0.05) is 23.7 Å². The van der Waals surface area contributed by atoms with E-state index in [4.69, 9.17) is 21.1 Å². The largest absolute Gasteiger partial charge is 0.493 e. The monoisotopic (exact) mass is 359 g/mol. The van der Waals surface area contributed by atoms with Crippen molar-refractivity contribution in [3.8, 4) is 5.75 Å². The van der Waals surface area contributed by atoms with Gasteiger partial charge >= 0.3 is 5.97 Å². The third-order valence-electron chi connectivity index (χ3n) is 3.70. The van der Waals surface area contributed by atoms with Crippen LogP contribution in [0.2, 0.25) is 5.02 Å². The Morgan fingerprint density at radius 2 is 2.12 bits per heavy atom. The van der Waals surface area contributed by atoms with E-state index in [2.05, 4.69) is 10.1 Å². The minimum atomic E-state index is -0.418. The van der Waals surface area contributed by atoms with E-state index in [9.17, 15) is 4.79 Å². The molecule has 0 atom stereocenters. The van der Waals surface area contributed by atoms with E-state index in [0.29, 0.717) is 40.8 Å². The lowest BCUT2D eigenvalue weighted by molar-refractivity contribution is 0.0525. The van der Waals surface area contributed by atoms with Crippen LogP contribution >= 0.6 is 11.6 Å². The maximum atomic E-state index is 12.0. The summed E-state index contributed by atoms with van der Waals surface area (Å²) in [6.07, 6.45) is 3.02. The van der Waals surface area contributed by atoms with Crippen LogP contribution in [-0.2, 0) is 17.6 Å². The van der Waals surface area contributed by atoms with Gasteiger partial charge in [-0.15, -0.1) is 0 Å². The van der Waals surface area contributed by atoms with Crippen LogP contribution in [0.1, 0.15) is 28.7 Å². The number of hydrogen-bond acceptors (Lipinski definition) is 5. The second-order valence-electron chi connectivity index (χ2n) is 5.44. The van der Waals surface area contributed by atoms with Gasteiger partial charge in [0.15, 0.2) is 17.2 Å². The average molecular weight is 360 g/mol. The number of benzene rings is 1. The summed E-state index contributed by atoms with van der Waals surface area (Å²) in [5, 5.41) is 5.16. The smallest absolute Gasteiger partial charge is 0.339 e. The number of aromatic nitrogens is 3. The second kappa shape index (κ2) is 7.53. The zero-order valence-corrected chi connectivity index (χ0v) is 14.8. The SMILES string of the molecule is CCOC(=O)c1cc(OC)c2nc(CCc3cccc(Cl)c3)nn2c1. The maximum Gasteiger partial charge on any atom is 0.339 e. The van der Waals surface area contributed by atoms with Crippen LogP contribution in [0.3, 0.4) is 0 Å². The van der Waals surface area contributed by atoms with Gasteiger partial charge < -0.3 is 9.47 Å². The Morgan fingerprint density at radius 3 is 2.84 bits per heavy atom. The van der Waals surface area contributed by atoms with Crippen LogP contribution in [0.4, 0.5) is 0 Å². The Kier molecular flexibility index (Phi) is 5.19. The van der Waals surface area contributed by atoms with Gasteiger partial charge in [-0.25, -0.2) is 14.3 Å². The van der Waals surface area contributed by atoms with Gasteiger partial charge in [0.1, 0.15) is 0 Å². The maximum absolute atomic E-state index is 12.0. The van der Waals surface area contributed by atoms with Crippen molar-refractivity contribution in [2.24, 2.45) is 0 Å². The van der Waals surface area contributed by atoms with E-state index in [0.717, 1.165) is 12.0 Å². The molecule has 1 aromatic carbocycles. The minimum absolute atomic E-state index is 0.307. The number of rotatable bonds is 6. The van der Waals surface area contributed by atoms with Crippen LogP contribution < -0.4 is 4.74 Å². The second-order valence-corrected chi connectivity index (χ2v) is 5.88. The summed E-state index contributed by atoms with van der Waals surface area (Å²) in [4.78, 5) is 16.5. The molecular formula is C18H18ClN3O3. The fourth-order valence-corrected chi connectivity index (χ4v) is 2.74. The molecule has 3 aromatic rings. The van der Waals surface area contributed by atoms with E-state index in [1.54, 1.807) is 23.7 Å². The molecule has 0 radical (unpaired) electrons. The highest BCUT2D eigenvalue weighted by Gasteiger charge is 2.15. The van der Waals surface area contributed by atoms with E-state index >= 15 is 0 Å². The predicted molar refractivity (Wildman–Crippen MR) is 94.4 cm³/mol. The molecule has 0 unspecified atom stereocenters. The van der Waals surface area contributed by atoms with Crippen molar-refractivity contribution in [3.05, 3.63) is 58.5 Å². The first kappa shape index (κ1) is 17.2. The summed E-state index contributed by atoms with van der Waals surface area (Å²) in [7, 11) is 1.53. The lowest BCUT2D eigenvalue weighted by Gasteiger charge is -2.05. The van der Waals surface area contributed by atoms with Gasteiger partial charge in [-0.05, 0) is 31.0 Å². The Balaban J connectivity index is 1.86. The normalized spacial score (nSPS) is 10.8. The Morgan fingerprint density at radius 1 is 1.28 bits per heavy atom. The molecule has 0 aliphatic rings. The van der Waals surface area contributed by atoms with Crippen molar-refractivity contribution in [1.82, 2.24) is 14.6 Å². The molecule has 0 N–H and O–H groups in total. The summed E-state index contributed by atoms with van der Waals surface area (Å²) in [5.41, 5.74) is 2.06. The minimum Gasteiger partial charge on any atom is -0.493 e. The lowest BCUT2D eigenvalue weighted by Crippen LogP contribution is -2.07. The summed E-state index contributed by atoms with van der Waals surface area (Å²) in [6, 6.07) is 9.32. The van der Waals surface area contributed by atoms with Crippen LogP contribution in [0.15, 0.2) is 36.5 Å². The number of carbonyl (C=O) groups excluding carboxylic acids is 1. The number of fused-ring (bicyclic) bond motifs is 1. The molecule has 0 aliphatic carbocycles. The predicted octanol–water partition coefficient (Wildman–Crippen LogP) is 3.35. The summed E-state index contributed by atoms with van der Waals surface area (Å²) in [5.74, 6) is 0.727. The van der Waals surface area contributed by atoms with Gasteiger partial charge in [0.2, 0.25) is 0 Å². The molecule has 0 spiro atoms. The third kappa shape index (κ3) is 3.91. The van der Waals surface area contributed by atoms with Gasteiger partial charge in [-0.2, -0.15) is 5.10 Å². The molecule has 0 saturated heterocycles. The van der Waals surface area contributed by atoms with E-state index in [1.165, 1.54) is 7.11 Å². The Labute approximate surface area is 150 Å². The average Bonchev–Trinajstić information content (AvgIpc) is 3.02. The highest BCUT2D eigenvalue weighted by atomic mass is 35.5. The molecule has 0 bridgehead atoms. The number of hydrogen-bond donors (Lipinski definition) is 0. The Bertz CT molecular complexity index is 908. The molecule has 3 rings (SSSR count). The van der Waals surface area contributed by atoms with E-state index in [-0.39, 0.29) is 0 Å². The van der Waals surface area contributed by atoms with E-state index in [1.807, 2.05) is 24.3 Å². The zero-order valence-electron chi connectivity index (χ0n) is 14.0. The van der Waals surface area contributed by atoms with Crippen molar-refractivity contribution in [2.75, 3.05) is 13.7 Å². The summed E-state index contributed by atoms with van der Waals surface area (Å²) < 4.78 is 11.9. The highest BCUT2D eigenvalue weighted by Crippen LogP contribution is 2.21. The van der Waals surface area contributed by atoms with Crippen molar-refractivity contribution in [3.63, 3.8) is 0 Å². The van der Waals surface area contributed by atoms with Gasteiger partial charge in [0.05, 0.1) is 19.3 Å². The van der Waals surface area contributed by atoms with Crippen molar-refractivity contribution in [1.29, 1.82) is 0 Å². The number of methoxy groups -OCH3 is 1. The topological polar surface area (TPSA) is 65.7 Å². The molecule has 0 saturated carbocycles. The summed E-state index contributed by atoms with van der Waals surface area (Å²) in [6.45, 7) is 2.07. The molecule has 25 heavy (non-hydrogen) atoms. The molecule has 7 heteroatoms. The van der Waals surface area contributed by atoms with Crippen molar-refractivity contribution in [2.45, 2.75) is 19.8 Å². The van der Waals surface area contributed by atoms with Gasteiger partial charge in [-0.3, -0.25) is 0 Å². The number of carbonyl (C=O) groups is 1. The van der Waals surface area contributed by atoms with Crippen molar-refractivity contribution >= 4 is 23.2 Å². The first-order valence-electron chi connectivity index (χ1n) is 7.95. The molecule has 0 fully saturated rings. The van der Waals surface area contributed by atoms with Crippen LogP contribution in [0, 0.1) is 0 Å². The van der Waals surface area contributed by atoms with Crippen LogP contribution in [-0.4, -0.2) is 34.3 Å². The van der Waals surface area contributed by atoms with Crippen LogP contribution in [0.25, 0.3) is 5.65 Å². The number of pyridine rings is 1. The number of nitrogens with zero attached hydrogens (tertiary/aromatic N) is 3. The molecule has 6 nitrogen and oxygen atoms in total. The molecule has 0 aliphatic heterocycles.